The third-order valence-corrected chi connectivity index (χ3v) is 5.00. The number of hydrogen-bond donors (Lipinski definition) is 1. The molecule has 0 unspecified atom stereocenters. The van der Waals surface area contributed by atoms with Crippen molar-refractivity contribution in [1.82, 2.24) is 0 Å². The fourth-order valence-electron chi connectivity index (χ4n) is 3.54. The highest BCUT2D eigenvalue weighted by Gasteiger charge is 2.44. The lowest BCUT2D eigenvalue weighted by Crippen LogP contribution is -2.36. The molecule has 23 heavy (non-hydrogen) atoms. The van der Waals surface area contributed by atoms with Crippen LogP contribution in [0.2, 0.25) is 0 Å². The lowest BCUT2D eigenvalue weighted by atomic mass is 9.73. The number of nitrogens with two attached hydrogens (primary N) is 1. The van der Waals surface area contributed by atoms with Gasteiger partial charge >= 0.3 is 0 Å². The Morgan fingerprint density at radius 2 is 1.65 bits per heavy atom. The Morgan fingerprint density at radius 3 is 2.22 bits per heavy atom. The molecule has 1 aromatic rings. The molecule has 5 heteroatoms. The highest BCUT2D eigenvalue weighted by atomic mass is 16.5. The minimum atomic E-state index is -0.197. The molecule has 2 N–H and O–H groups in total. The molecule has 0 spiro atoms. The van der Waals surface area contributed by atoms with Crippen LogP contribution in [-0.4, -0.2) is 11.6 Å². The average Bonchev–Trinajstić information content (AvgIpc) is 2.86. The molecule has 0 aliphatic carbocycles. The Balaban J connectivity index is 2.32. The Labute approximate surface area is 136 Å². The highest BCUT2D eigenvalue weighted by Crippen LogP contribution is 2.44. The van der Waals surface area contributed by atoms with Gasteiger partial charge in [-0.15, -0.1) is 5.10 Å². The van der Waals surface area contributed by atoms with Gasteiger partial charge in [-0.05, 0) is 62.4 Å². The van der Waals surface area contributed by atoms with Gasteiger partial charge in [0.25, 0.3) is 0 Å². The van der Waals surface area contributed by atoms with Gasteiger partial charge in [0, 0.05) is 5.92 Å². The molecule has 2 heterocycles. The summed E-state index contributed by atoms with van der Waals surface area (Å²) in [4.78, 5) is 0. The standard InChI is InChI=1S/C18H20N4O/c1-8-6-9(2)11(4)14(10(8)3)16-13(7-19)17(20)23-18-15(16)12(5)21-22-18/h6,15-16H,20H2,1-5H3/t15-,16-/m1/s1. The maximum atomic E-state index is 9.67. The summed E-state index contributed by atoms with van der Waals surface area (Å²) in [6.07, 6.45) is 0. The molecular formula is C18H20N4O. The number of fused-ring (bicyclic) bond motifs is 1. The number of rotatable bonds is 1. The quantitative estimate of drug-likeness (QED) is 0.865. The highest BCUT2D eigenvalue weighted by molar-refractivity contribution is 6.08. The Hall–Kier alpha value is -2.61. The van der Waals surface area contributed by atoms with Crippen LogP contribution in [0.1, 0.15) is 40.7 Å². The summed E-state index contributed by atoms with van der Waals surface area (Å²) in [5.41, 5.74) is 13.2. The molecular weight excluding hydrogens is 288 g/mol. The maximum Gasteiger partial charge on any atom is 0.226 e. The van der Waals surface area contributed by atoms with Gasteiger partial charge in [0.1, 0.15) is 6.07 Å². The third kappa shape index (κ3) is 2.14. The average molecular weight is 308 g/mol. The molecule has 0 aromatic heterocycles. The normalized spacial score (nSPS) is 23.0. The predicted molar refractivity (Wildman–Crippen MR) is 90.1 cm³/mol. The van der Waals surface area contributed by atoms with Crippen molar-refractivity contribution in [3.05, 3.63) is 45.3 Å². The van der Waals surface area contributed by atoms with E-state index in [0.717, 1.165) is 11.3 Å². The maximum absolute atomic E-state index is 9.67. The second kappa shape index (κ2) is 5.24. The van der Waals surface area contributed by atoms with E-state index in [4.69, 9.17) is 10.5 Å². The van der Waals surface area contributed by atoms with E-state index in [1.165, 1.54) is 22.3 Å². The van der Waals surface area contributed by atoms with Gasteiger partial charge in [0.05, 0.1) is 17.2 Å². The molecule has 0 saturated carbocycles. The van der Waals surface area contributed by atoms with E-state index in [1.54, 1.807) is 0 Å². The van der Waals surface area contributed by atoms with Gasteiger partial charge in [-0.25, -0.2) is 0 Å². The van der Waals surface area contributed by atoms with Crippen molar-refractivity contribution in [3.8, 4) is 6.07 Å². The number of aryl methyl sites for hydroxylation is 2. The molecule has 0 bridgehead atoms. The molecule has 0 amide bonds. The smallest absolute Gasteiger partial charge is 0.226 e. The van der Waals surface area contributed by atoms with E-state index in [0.29, 0.717) is 11.5 Å². The lowest BCUT2D eigenvalue weighted by Gasteiger charge is -2.32. The Morgan fingerprint density at radius 1 is 1.04 bits per heavy atom. The van der Waals surface area contributed by atoms with Crippen molar-refractivity contribution < 1.29 is 4.74 Å². The van der Waals surface area contributed by atoms with Crippen molar-refractivity contribution in [2.24, 2.45) is 21.9 Å². The minimum absolute atomic E-state index is 0.135. The summed E-state index contributed by atoms with van der Waals surface area (Å²) in [5.74, 6) is 0.269. The summed E-state index contributed by atoms with van der Waals surface area (Å²) >= 11 is 0. The summed E-state index contributed by atoms with van der Waals surface area (Å²) in [7, 11) is 0. The number of hydrogen-bond acceptors (Lipinski definition) is 5. The van der Waals surface area contributed by atoms with Crippen molar-refractivity contribution >= 4 is 11.6 Å². The van der Waals surface area contributed by atoms with Crippen molar-refractivity contribution in [1.29, 1.82) is 5.26 Å². The van der Waals surface area contributed by atoms with E-state index >= 15 is 0 Å². The van der Waals surface area contributed by atoms with Crippen molar-refractivity contribution in [2.75, 3.05) is 0 Å². The molecule has 2 atom stereocenters. The number of benzene rings is 1. The fraction of sp³-hybridized carbons (Fsp3) is 0.389. The molecule has 0 saturated heterocycles. The molecule has 3 rings (SSSR count). The summed E-state index contributed by atoms with van der Waals surface area (Å²) in [6.45, 7) is 10.3. The lowest BCUT2D eigenvalue weighted by molar-refractivity contribution is 0.352. The first-order chi connectivity index (χ1) is 10.9. The zero-order chi connectivity index (χ0) is 16.9. The van der Waals surface area contributed by atoms with Crippen molar-refractivity contribution in [2.45, 2.75) is 40.5 Å². The first kappa shape index (κ1) is 15.3. The molecule has 2 aliphatic rings. The Kier molecular flexibility index (Phi) is 3.48. The number of ether oxygens (including phenoxy) is 1. The molecule has 118 valence electrons. The van der Waals surface area contributed by atoms with Crippen LogP contribution < -0.4 is 5.73 Å². The van der Waals surface area contributed by atoms with Gasteiger partial charge in [-0.3, -0.25) is 0 Å². The summed E-state index contributed by atoms with van der Waals surface area (Å²) < 4.78 is 5.55. The van der Waals surface area contributed by atoms with Crippen LogP contribution >= 0.6 is 0 Å². The fourth-order valence-corrected chi connectivity index (χ4v) is 3.54. The number of nitriles is 1. The second-order valence-corrected chi connectivity index (χ2v) is 6.30. The van der Waals surface area contributed by atoms with Crippen LogP contribution in [0.3, 0.4) is 0 Å². The van der Waals surface area contributed by atoms with Crippen LogP contribution in [0, 0.1) is 44.9 Å². The molecule has 0 radical (unpaired) electrons. The van der Waals surface area contributed by atoms with Gasteiger partial charge in [0.2, 0.25) is 11.8 Å². The zero-order valence-electron chi connectivity index (χ0n) is 14.1. The van der Waals surface area contributed by atoms with Crippen LogP contribution in [0.4, 0.5) is 0 Å². The van der Waals surface area contributed by atoms with E-state index in [9.17, 15) is 5.26 Å². The SMILES string of the molecule is CC1=NN=C2OC(N)=C(C#N)[C@H](c3c(C)c(C)cc(C)c3C)[C@@H]12. The molecule has 1 aromatic carbocycles. The Bertz CT molecular complexity index is 813. The monoisotopic (exact) mass is 308 g/mol. The second-order valence-electron chi connectivity index (χ2n) is 6.30. The van der Waals surface area contributed by atoms with E-state index in [2.05, 4.69) is 50.0 Å². The third-order valence-electron chi connectivity index (χ3n) is 5.00. The number of nitrogens with zero attached hydrogens (tertiary/aromatic N) is 3. The number of allylic oxidation sites excluding steroid dienone is 1. The van der Waals surface area contributed by atoms with E-state index < -0.39 is 0 Å². The van der Waals surface area contributed by atoms with Gasteiger partial charge in [-0.1, -0.05) is 6.07 Å². The van der Waals surface area contributed by atoms with Crippen LogP contribution in [0.25, 0.3) is 0 Å². The minimum Gasteiger partial charge on any atom is -0.424 e. The van der Waals surface area contributed by atoms with Crippen LogP contribution in [0.15, 0.2) is 27.7 Å². The molecule has 2 aliphatic heterocycles. The first-order valence-electron chi connectivity index (χ1n) is 7.63. The van der Waals surface area contributed by atoms with Crippen molar-refractivity contribution in [3.63, 3.8) is 0 Å². The molecule has 5 nitrogen and oxygen atoms in total. The summed E-state index contributed by atoms with van der Waals surface area (Å²) in [6, 6.07) is 4.43. The molecule has 0 fully saturated rings. The van der Waals surface area contributed by atoms with Gasteiger partial charge in [0.15, 0.2) is 0 Å². The first-order valence-corrected chi connectivity index (χ1v) is 7.63. The predicted octanol–water partition coefficient (Wildman–Crippen LogP) is 3.13. The van der Waals surface area contributed by atoms with Crippen LogP contribution in [0.5, 0.6) is 0 Å². The van der Waals surface area contributed by atoms with E-state index in [1.807, 2.05) is 6.92 Å². The van der Waals surface area contributed by atoms with E-state index in [-0.39, 0.29) is 17.7 Å². The van der Waals surface area contributed by atoms with Gasteiger partial charge in [-0.2, -0.15) is 10.4 Å². The summed E-state index contributed by atoms with van der Waals surface area (Å²) in [5, 5.41) is 17.9. The topological polar surface area (TPSA) is 83.8 Å². The largest absolute Gasteiger partial charge is 0.424 e. The zero-order valence-corrected chi connectivity index (χ0v) is 14.1. The van der Waals surface area contributed by atoms with Crippen LogP contribution in [-0.2, 0) is 4.74 Å². The van der Waals surface area contributed by atoms with Gasteiger partial charge < -0.3 is 10.5 Å².